The van der Waals surface area contributed by atoms with E-state index in [2.05, 4.69) is 31.9 Å². The molecular formula is C19H22BrN3O2. The highest BCUT2D eigenvalue weighted by Crippen LogP contribution is 2.18. The topological polar surface area (TPSA) is 70.2 Å². The fraction of sp³-hybridized carbons (Fsp3) is 0.263. The zero-order valence-corrected chi connectivity index (χ0v) is 16.1. The van der Waals surface area contributed by atoms with Gasteiger partial charge in [0.15, 0.2) is 0 Å². The van der Waals surface area contributed by atoms with Gasteiger partial charge in [-0.05, 0) is 48.9 Å². The molecule has 0 bridgehead atoms. The van der Waals surface area contributed by atoms with Gasteiger partial charge in [-0.1, -0.05) is 41.9 Å². The van der Waals surface area contributed by atoms with Crippen LogP contribution in [-0.2, 0) is 4.79 Å². The first-order valence-electron chi connectivity index (χ1n) is 8.09. The Morgan fingerprint density at radius 3 is 2.08 bits per heavy atom. The smallest absolute Gasteiger partial charge is 0.319 e. The van der Waals surface area contributed by atoms with Crippen molar-refractivity contribution in [3.63, 3.8) is 0 Å². The molecule has 0 fully saturated rings. The van der Waals surface area contributed by atoms with E-state index in [0.29, 0.717) is 11.4 Å². The molecule has 0 aliphatic carbocycles. The molecule has 25 heavy (non-hydrogen) atoms. The van der Waals surface area contributed by atoms with Gasteiger partial charge >= 0.3 is 6.03 Å². The maximum absolute atomic E-state index is 12.1. The van der Waals surface area contributed by atoms with Crippen LogP contribution in [0, 0.1) is 5.92 Å². The number of benzene rings is 2. The van der Waals surface area contributed by atoms with Gasteiger partial charge in [-0.15, -0.1) is 0 Å². The maximum Gasteiger partial charge on any atom is 0.319 e. The Morgan fingerprint density at radius 2 is 1.52 bits per heavy atom. The average molecular weight is 404 g/mol. The van der Waals surface area contributed by atoms with Crippen molar-refractivity contribution in [2.24, 2.45) is 5.92 Å². The normalized spacial score (nSPS) is 11.7. The SMILES string of the molecule is CC(C)C(=O)Nc1ccc(NC(=O)NC(C)c2cccc(Br)c2)cc1. The van der Waals surface area contributed by atoms with Crippen LogP contribution in [0.4, 0.5) is 16.2 Å². The summed E-state index contributed by atoms with van der Waals surface area (Å²) >= 11 is 3.42. The molecule has 0 saturated heterocycles. The molecule has 1 atom stereocenters. The highest BCUT2D eigenvalue weighted by atomic mass is 79.9. The predicted molar refractivity (Wildman–Crippen MR) is 105 cm³/mol. The van der Waals surface area contributed by atoms with Gasteiger partial charge < -0.3 is 16.0 Å². The molecule has 2 aromatic rings. The molecule has 132 valence electrons. The van der Waals surface area contributed by atoms with Crippen LogP contribution in [0.2, 0.25) is 0 Å². The zero-order valence-electron chi connectivity index (χ0n) is 14.5. The predicted octanol–water partition coefficient (Wildman–Crippen LogP) is 4.93. The van der Waals surface area contributed by atoms with E-state index in [-0.39, 0.29) is 23.9 Å². The second kappa shape index (κ2) is 8.67. The van der Waals surface area contributed by atoms with E-state index in [1.54, 1.807) is 24.3 Å². The summed E-state index contributed by atoms with van der Waals surface area (Å²) in [6, 6.07) is 14.4. The fourth-order valence-electron chi connectivity index (χ4n) is 2.15. The first-order valence-corrected chi connectivity index (χ1v) is 8.88. The van der Waals surface area contributed by atoms with Gasteiger partial charge in [-0.25, -0.2) is 4.79 Å². The van der Waals surface area contributed by atoms with Crippen molar-refractivity contribution >= 4 is 39.2 Å². The van der Waals surface area contributed by atoms with Crippen LogP contribution in [0.25, 0.3) is 0 Å². The van der Waals surface area contributed by atoms with Crippen molar-refractivity contribution in [3.8, 4) is 0 Å². The maximum atomic E-state index is 12.1. The van der Waals surface area contributed by atoms with Crippen molar-refractivity contribution in [3.05, 3.63) is 58.6 Å². The summed E-state index contributed by atoms with van der Waals surface area (Å²) in [6.45, 7) is 5.59. The van der Waals surface area contributed by atoms with E-state index in [1.165, 1.54) is 0 Å². The van der Waals surface area contributed by atoms with Crippen LogP contribution in [0.1, 0.15) is 32.4 Å². The van der Waals surface area contributed by atoms with Crippen molar-refractivity contribution < 1.29 is 9.59 Å². The molecule has 1 unspecified atom stereocenters. The lowest BCUT2D eigenvalue weighted by molar-refractivity contribution is -0.118. The third-order valence-corrected chi connectivity index (χ3v) is 4.12. The van der Waals surface area contributed by atoms with Crippen molar-refractivity contribution in [1.29, 1.82) is 0 Å². The molecule has 2 aromatic carbocycles. The van der Waals surface area contributed by atoms with Gasteiger partial charge in [0.05, 0.1) is 6.04 Å². The average Bonchev–Trinajstić information content (AvgIpc) is 2.56. The van der Waals surface area contributed by atoms with Crippen LogP contribution in [0.3, 0.4) is 0 Å². The summed E-state index contributed by atoms with van der Waals surface area (Å²) in [5.74, 6) is -0.121. The second-order valence-electron chi connectivity index (χ2n) is 6.10. The van der Waals surface area contributed by atoms with Gasteiger partial charge in [-0.3, -0.25) is 4.79 Å². The molecule has 5 nitrogen and oxygen atoms in total. The summed E-state index contributed by atoms with van der Waals surface area (Å²) < 4.78 is 0.970. The van der Waals surface area contributed by atoms with Crippen molar-refractivity contribution in [1.82, 2.24) is 5.32 Å². The first kappa shape index (κ1) is 19.0. The summed E-state index contributed by atoms with van der Waals surface area (Å²) in [6.07, 6.45) is 0. The Balaban J connectivity index is 1.91. The Kier molecular flexibility index (Phi) is 6.58. The molecule has 0 spiro atoms. The molecule has 0 heterocycles. The Bertz CT molecular complexity index is 745. The lowest BCUT2D eigenvalue weighted by Crippen LogP contribution is -2.31. The molecule has 0 aliphatic rings. The Hall–Kier alpha value is -2.34. The van der Waals surface area contributed by atoms with E-state index in [9.17, 15) is 9.59 Å². The highest BCUT2D eigenvalue weighted by molar-refractivity contribution is 9.10. The molecule has 0 saturated carbocycles. The number of anilines is 2. The summed E-state index contributed by atoms with van der Waals surface area (Å²) in [4.78, 5) is 23.8. The molecule has 3 N–H and O–H groups in total. The number of carbonyl (C=O) groups excluding carboxylic acids is 2. The molecule has 2 rings (SSSR count). The Labute approximate surface area is 156 Å². The van der Waals surface area contributed by atoms with Gasteiger partial charge in [0.25, 0.3) is 0 Å². The third kappa shape index (κ3) is 5.90. The number of amides is 3. The number of carbonyl (C=O) groups is 2. The molecule has 0 aliphatic heterocycles. The van der Waals surface area contributed by atoms with E-state index < -0.39 is 0 Å². The quantitative estimate of drug-likeness (QED) is 0.662. The van der Waals surface area contributed by atoms with E-state index in [1.807, 2.05) is 45.0 Å². The van der Waals surface area contributed by atoms with Crippen LogP contribution in [0.15, 0.2) is 53.0 Å². The standard InChI is InChI=1S/C19H22BrN3O2/c1-12(2)18(24)22-16-7-9-17(10-8-16)23-19(25)21-13(3)14-5-4-6-15(20)11-14/h4-13H,1-3H3,(H,22,24)(H2,21,23,25). The van der Waals surface area contributed by atoms with Crippen LogP contribution >= 0.6 is 15.9 Å². The highest BCUT2D eigenvalue weighted by Gasteiger charge is 2.10. The molecule has 6 heteroatoms. The largest absolute Gasteiger partial charge is 0.331 e. The zero-order chi connectivity index (χ0) is 18.4. The molecule has 0 aromatic heterocycles. The van der Waals surface area contributed by atoms with Crippen molar-refractivity contribution in [2.75, 3.05) is 10.6 Å². The minimum absolute atomic E-state index is 0.0405. The fourth-order valence-corrected chi connectivity index (χ4v) is 2.56. The van der Waals surface area contributed by atoms with Crippen LogP contribution < -0.4 is 16.0 Å². The Morgan fingerprint density at radius 1 is 0.920 bits per heavy atom. The minimum atomic E-state index is -0.286. The van der Waals surface area contributed by atoms with Crippen LogP contribution in [-0.4, -0.2) is 11.9 Å². The van der Waals surface area contributed by atoms with Gasteiger partial charge in [0.1, 0.15) is 0 Å². The van der Waals surface area contributed by atoms with E-state index >= 15 is 0 Å². The second-order valence-corrected chi connectivity index (χ2v) is 7.01. The lowest BCUT2D eigenvalue weighted by Gasteiger charge is -2.15. The van der Waals surface area contributed by atoms with E-state index in [4.69, 9.17) is 0 Å². The van der Waals surface area contributed by atoms with Gasteiger partial charge in [0, 0.05) is 21.8 Å². The first-order chi connectivity index (χ1) is 11.8. The number of halogens is 1. The molecule has 0 radical (unpaired) electrons. The number of hydrogen-bond donors (Lipinski definition) is 3. The monoisotopic (exact) mass is 403 g/mol. The molecule has 3 amide bonds. The summed E-state index contributed by atoms with van der Waals surface area (Å²) in [7, 11) is 0. The number of urea groups is 1. The summed E-state index contributed by atoms with van der Waals surface area (Å²) in [5.41, 5.74) is 2.37. The van der Waals surface area contributed by atoms with Gasteiger partial charge in [0.2, 0.25) is 5.91 Å². The van der Waals surface area contributed by atoms with E-state index in [0.717, 1.165) is 10.0 Å². The van der Waals surface area contributed by atoms with Crippen molar-refractivity contribution in [2.45, 2.75) is 26.8 Å². The van der Waals surface area contributed by atoms with Gasteiger partial charge in [-0.2, -0.15) is 0 Å². The van der Waals surface area contributed by atoms with Crippen LogP contribution in [0.5, 0.6) is 0 Å². The number of nitrogens with one attached hydrogen (secondary N) is 3. The number of hydrogen-bond acceptors (Lipinski definition) is 2. The number of rotatable bonds is 5. The third-order valence-electron chi connectivity index (χ3n) is 3.63. The lowest BCUT2D eigenvalue weighted by atomic mass is 10.1. The summed E-state index contributed by atoms with van der Waals surface area (Å²) in [5, 5.41) is 8.49. The molecular weight excluding hydrogens is 382 g/mol. The minimum Gasteiger partial charge on any atom is -0.331 e.